The lowest BCUT2D eigenvalue weighted by Crippen LogP contribution is -2.39. The molecule has 3 rings (SSSR count). The smallest absolute Gasteiger partial charge is 0.191 e. The third kappa shape index (κ3) is 6.34. The summed E-state index contributed by atoms with van der Waals surface area (Å²) in [5.41, 5.74) is 2.30. The molecule has 2 aromatic rings. The van der Waals surface area contributed by atoms with Crippen LogP contribution in [-0.4, -0.2) is 60.2 Å². The average molecular weight is 498 g/mol. The summed E-state index contributed by atoms with van der Waals surface area (Å²) < 4.78 is 2.30. The van der Waals surface area contributed by atoms with E-state index in [4.69, 9.17) is 4.99 Å². The SMILES string of the molecule is CCNC(=NCC1CCCN(C)C1)NCCCn1c(C)nc2ccccc21.I. The molecule has 1 saturated heterocycles. The Kier molecular flexibility index (Phi) is 9.50. The van der Waals surface area contributed by atoms with Crippen LogP contribution in [0.15, 0.2) is 29.3 Å². The highest BCUT2D eigenvalue weighted by Crippen LogP contribution is 2.16. The van der Waals surface area contributed by atoms with Crippen molar-refractivity contribution < 1.29 is 0 Å². The summed E-state index contributed by atoms with van der Waals surface area (Å²) in [6, 6.07) is 8.35. The normalized spacial score (nSPS) is 18.1. The van der Waals surface area contributed by atoms with Gasteiger partial charge in [0.15, 0.2) is 5.96 Å². The third-order valence-electron chi connectivity index (χ3n) is 5.27. The molecule has 0 saturated carbocycles. The number of aromatic nitrogens is 2. The molecule has 1 atom stereocenters. The average Bonchev–Trinajstić information content (AvgIpc) is 2.98. The largest absolute Gasteiger partial charge is 0.357 e. The maximum atomic E-state index is 4.82. The molecule has 1 aromatic carbocycles. The summed E-state index contributed by atoms with van der Waals surface area (Å²) in [4.78, 5) is 11.9. The van der Waals surface area contributed by atoms with Gasteiger partial charge < -0.3 is 20.1 Å². The number of aliphatic imine (C=N–C) groups is 1. The molecule has 6 nitrogen and oxygen atoms in total. The Hall–Kier alpha value is -1.35. The zero-order chi connectivity index (χ0) is 19.1. The van der Waals surface area contributed by atoms with Gasteiger partial charge in [-0.05, 0) is 64.8 Å². The van der Waals surface area contributed by atoms with Gasteiger partial charge in [-0.25, -0.2) is 4.98 Å². The summed E-state index contributed by atoms with van der Waals surface area (Å²) in [6.07, 6.45) is 3.62. The minimum Gasteiger partial charge on any atom is -0.357 e. The zero-order valence-corrected chi connectivity index (χ0v) is 19.8. The molecule has 0 spiro atoms. The van der Waals surface area contributed by atoms with Crippen LogP contribution < -0.4 is 10.6 Å². The molecule has 156 valence electrons. The first-order chi connectivity index (χ1) is 13.2. The Labute approximate surface area is 186 Å². The summed E-state index contributed by atoms with van der Waals surface area (Å²) in [7, 11) is 2.21. The maximum absolute atomic E-state index is 4.82. The third-order valence-corrected chi connectivity index (χ3v) is 5.27. The minimum atomic E-state index is 0. The number of guanidine groups is 1. The van der Waals surface area contributed by atoms with Crippen molar-refractivity contribution in [1.29, 1.82) is 0 Å². The second-order valence-electron chi connectivity index (χ2n) is 7.57. The van der Waals surface area contributed by atoms with Crippen molar-refractivity contribution in [2.75, 3.05) is 39.8 Å². The van der Waals surface area contributed by atoms with E-state index in [9.17, 15) is 0 Å². The second-order valence-corrected chi connectivity index (χ2v) is 7.57. The van der Waals surface area contributed by atoms with Crippen LogP contribution in [0.1, 0.15) is 32.0 Å². The summed E-state index contributed by atoms with van der Waals surface area (Å²) in [5, 5.41) is 6.87. The van der Waals surface area contributed by atoms with Crippen LogP contribution in [0.4, 0.5) is 0 Å². The number of imidazole rings is 1. The van der Waals surface area contributed by atoms with Crippen molar-refractivity contribution in [2.24, 2.45) is 10.9 Å². The molecule has 1 fully saturated rings. The fourth-order valence-electron chi connectivity index (χ4n) is 3.91. The van der Waals surface area contributed by atoms with Crippen LogP contribution in [0.2, 0.25) is 0 Å². The van der Waals surface area contributed by atoms with Gasteiger partial charge in [0.1, 0.15) is 5.82 Å². The molecular weight excluding hydrogens is 463 g/mol. The van der Waals surface area contributed by atoms with Crippen LogP contribution in [0, 0.1) is 12.8 Å². The number of hydrogen-bond acceptors (Lipinski definition) is 3. The molecule has 0 amide bonds. The van der Waals surface area contributed by atoms with Crippen LogP contribution in [0.5, 0.6) is 0 Å². The molecular formula is C21H35IN6. The predicted molar refractivity (Wildman–Crippen MR) is 129 cm³/mol. The number of benzene rings is 1. The number of nitrogens with one attached hydrogen (secondary N) is 2. The number of rotatable bonds is 7. The lowest BCUT2D eigenvalue weighted by Gasteiger charge is -2.28. The van der Waals surface area contributed by atoms with Gasteiger partial charge in [-0.3, -0.25) is 4.99 Å². The van der Waals surface area contributed by atoms with Crippen LogP contribution in [0.25, 0.3) is 11.0 Å². The topological polar surface area (TPSA) is 57.5 Å². The van der Waals surface area contributed by atoms with E-state index in [-0.39, 0.29) is 24.0 Å². The van der Waals surface area contributed by atoms with E-state index in [1.165, 1.54) is 24.9 Å². The van der Waals surface area contributed by atoms with Crippen molar-refractivity contribution in [3.05, 3.63) is 30.1 Å². The minimum absolute atomic E-state index is 0. The number of nitrogens with zero attached hydrogens (tertiary/aromatic N) is 4. The number of aryl methyl sites for hydroxylation is 2. The first-order valence-corrected chi connectivity index (χ1v) is 10.3. The number of para-hydroxylation sites is 2. The van der Waals surface area contributed by atoms with Crippen molar-refractivity contribution in [2.45, 2.75) is 39.7 Å². The molecule has 0 bridgehead atoms. The molecule has 1 aliphatic heterocycles. The van der Waals surface area contributed by atoms with Crippen LogP contribution >= 0.6 is 24.0 Å². The second kappa shape index (κ2) is 11.6. The maximum Gasteiger partial charge on any atom is 0.191 e. The number of likely N-dealkylation sites (tertiary alicyclic amines) is 1. The van der Waals surface area contributed by atoms with Crippen molar-refractivity contribution in [3.63, 3.8) is 0 Å². The Morgan fingerprint density at radius 2 is 2.11 bits per heavy atom. The Balaban J connectivity index is 0.00000280. The fraction of sp³-hybridized carbons (Fsp3) is 0.619. The van der Waals surface area contributed by atoms with Gasteiger partial charge >= 0.3 is 0 Å². The lowest BCUT2D eigenvalue weighted by molar-refractivity contribution is 0.214. The number of hydrogen-bond donors (Lipinski definition) is 2. The van der Waals surface area contributed by atoms with Gasteiger partial charge in [-0.2, -0.15) is 0 Å². The van der Waals surface area contributed by atoms with Gasteiger partial charge in [0.05, 0.1) is 11.0 Å². The molecule has 1 aliphatic rings. The van der Waals surface area contributed by atoms with E-state index in [1.807, 2.05) is 6.07 Å². The Morgan fingerprint density at radius 3 is 2.89 bits per heavy atom. The Bertz CT molecular complexity index is 756. The molecule has 2 heterocycles. The molecule has 1 unspecified atom stereocenters. The molecule has 7 heteroatoms. The number of piperidine rings is 1. The van der Waals surface area contributed by atoms with E-state index in [0.717, 1.165) is 56.4 Å². The molecule has 28 heavy (non-hydrogen) atoms. The lowest BCUT2D eigenvalue weighted by atomic mass is 9.99. The first kappa shape index (κ1) is 22.9. The molecule has 1 aromatic heterocycles. The van der Waals surface area contributed by atoms with E-state index in [1.54, 1.807) is 0 Å². The molecule has 0 radical (unpaired) electrons. The zero-order valence-electron chi connectivity index (χ0n) is 17.4. The highest BCUT2D eigenvalue weighted by Gasteiger charge is 2.16. The van der Waals surface area contributed by atoms with Crippen molar-refractivity contribution >= 4 is 41.0 Å². The van der Waals surface area contributed by atoms with E-state index >= 15 is 0 Å². The number of halogens is 1. The highest BCUT2D eigenvalue weighted by molar-refractivity contribution is 14.0. The number of fused-ring (bicyclic) bond motifs is 1. The van der Waals surface area contributed by atoms with E-state index in [0.29, 0.717) is 5.92 Å². The van der Waals surface area contributed by atoms with Gasteiger partial charge in [0, 0.05) is 32.7 Å². The summed E-state index contributed by atoms with van der Waals surface area (Å²) in [5.74, 6) is 2.70. The quantitative estimate of drug-likeness (QED) is 0.267. The van der Waals surface area contributed by atoms with E-state index < -0.39 is 0 Å². The predicted octanol–water partition coefficient (Wildman–Crippen LogP) is 3.25. The van der Waals surface area contributed by atoms with Crippen molar-refractivity contribution in [1.82, 2.24) is 25.1 Å². The highest BCUT2D eigenvalue weighted by atomic mass is 127. The standard InChI is InChI=1S/C21H34N6.HI/c1-4-22-21(24-15-18-9-7-13-26(3)16-18)23-12-8-14-27-17(2)25-19-10-5-6-11-20(19)27;/h5-6,10-11,18H,4,7-9,12-16H2,1-3H3,(H2,22,23,24);1H. The summed E-state index contributed by atoms with van der Waals surface area (Å²) in [6.45, 7) is 10.3. The fourth-order valence-corrected chi connectivity index (χ4v) is 3.91. The molecule has 2 N–H and O–H groups in total. The van der Waals surface area contributed by atoms with Crippen molar-refractivity contribution in [3.8, 4) is 0 Å². The van der Waals surface area contributed by atoms with E-state index in [2.05, 4.69) is 64.2 Å². The monoisotopic (exact) mass is 498 g/mol. The van der Waals surface area contributed by atoms with Gasteiger partial charge in [0.2, 0.25) is 0 Å². The van der Waals surface area contributed by atoms with Gasteiger partial charge in [0.25, 0.3) is 0 Å². The molecule has 0 aliphatic carbocycles. The van der Waals surface area contributed by atoms with Gasteiger partial charge in [-0.1, -0.05) is 12.1 Å². The van der Waals surface area contributed by atoms with Crippen LogP contribution in [-0.2, 0) is 6.54 Å². The Morgan fingerprint density at radius 1 is 1.29 bits per heavy atom. The van der Waals surface area contributed by atoms with Gasteiger partial charge in [-0.15, -0.1) is 24.0 Å². The summed E-state index contributed by atoms with van der Waals surface area (Å²) >= 11 is 0. The van der Waals surface area contributed by atoms with Crippen LogP contribution in [0.3, 0.4) is 0 Å². The first-order valence-electron chi connectivity index (χ1n) is 10.3.